The summed E-state index contributed by atoms with van der Waals surface area (Å²) >= 11 is 0. The highest BCUT2D eigenvalue weighted by molar-refractivity contribution is 5.26. The fourth-order valence-electron chi connectivity index (χ4n) is 2.04. The van der Waals surface area contributed by atoms with Crippen LogP contribution in [0, 0.1) is 11.6 Å². The van der Waals surface area contributed by atoms with E-state index in [1.54, 1.807) is 0 Å². The second-order valence-corrected chi connectivity index (χ2v) is 4.18. The number of β-amino-alcohol motifs (C(OH)–C–C–N with tert-alkyl or cyclic N) is 1. The van der Waals surface area contributed by atoms with Gasteiger partial charge in [-0.15, -0.1) is 0 Å². The maximum Gasteiger partial charge on any atom is 0.126 e. The van der Waals surface area contributed by atoms with Crippen LogP contribution in [-0.2, 0) is 5.60 Å². The first-order valence-electron chi connectivity index (χ1n) is 4.87. The van der Waals surface area contributed by atoms with Gasteiger partial charge < -0.3 is 10.0 Å². The average molecular weight is 213 g/mol. The molecule has 0 spiro atoms. The monoisotopic (exact) mass is 213 g/mol. The fraction of sp³-hybridized carbons (Fsp3) is 0.455. The average Bonchev–Trinajstić information content (AvgIpc) is 2.46. The molecule has 0 radical (unpaired) electrons. The molecular weight excluding hydrogens is 200 g/mol. The van der Waals surface area contributed by atoms with Gasteiger partial charge in [0.25, 0.3) is 0 Å². The third kappa shape index (κ3) is 2.01. The summed E-state index contributed by atoms with van der Waals surface area (Å²) in [7, 11) is 1.87. The predicted octanol–water partition coefficient (Wildman–Crippen LogP) is 1.49. The van der Waals surface area contributed by atoms with Crippen LogP contribution in [0.25, 0.3) is 0 Å². The Balaban J connectivity index is 2.36. The number of benzene rings is 1. The molecule has 1 aromatic rings. The van der Waals surface area contributed by atoms with E-state index in [0.717, 1.165) is 12.6 Å². The SMILES string of the molecule is CN1CCC(O)(c2cc(F)cc(F)c2)C1. The quantitative estimate of drug-likeness (QED) is 0.764. The largest absolute Gasteiger partial charge is 0.384 e. The summed E-state index contributed by atoms with van der Waals surface area (Å²) < 4.78 is 26.0. The highest BCUT2D eigenvalue weighted by Crippen LogP contribution is 2.31. The maximum atomic E-state index is 13.0. The van der Waals surface area contributed by atoms with E-state index in [2.05, 4.69) is 0 Å². The minimum atomic E-state index is -1.11. The lowest BCUT2D eigenvalue weighted by Crippen LogP contribution is -2.29. The summed E-state index contributed by atoms with van der Waals surface area (Å²) in [6.07, 6.45) is 0.506. The molecule has 1 aliphatic heterocycles. The number of aliphatic hydroxyl groups is 1. The molecule has 1 fully saturated rings. The Kier molecular flexibility index (Phi) is 2.48. The van der Waals surface area contributed by atoms with Crippen LogP contribution in [-0.4, -0.2) is 30.1 Å². The smallest absolute Gasteiger partial charge is 0.126 e. The van der Waals surface area contributed by atoms with Crippen LogP contribution < -0.4 is 0 Å². The van der Waals surface area contributed by atoms with Crippen molar-refractivity contribution in [1.29, 1.82) is 0 Å². The van der Waals surface area contributed by atoms with E-state index in [9.17, 15) is 13.9 Å². The molecule has 1 unspecified atom stereocenters. The normalized spacial score (nSPS) is 27.2. The van der Waals surface area contributed by atoms with Crippen molar-refractivity contribution in [3.05, 3.63) is 35.4 Å². The van der Waals surface area contributed by atoms with E-state index in [0.29, 0.717) is 18.5 Å². The lowest BCUT2D eigenvalue weighted by molar-refractivity contribution is 0.0482. The first-order chi connectivity index (χ1) is 6.99. The van der Waals surface area contributed by atoms with Crippen molar-refractivity contribution < 1.29 is 13.9 Å². The Morgan fingerprint density at radius 1 is 1.27 bits per heavy atom. The molecule has 2 rings (SSSR count). The molecule has 0 bridgehead atoms. The molecular formula is C11H13F2NO. The number of likely N-dealkylation sites (tertiary alicyclic amines) is 1. The lowest BCUT2D eigenvalue weighted by atomic mass is 9.93. The van der Waals surface area contributed by atoms with E-state index < -0.39 is 17.2 Å². The molecule has 82 valence electrons. The molecule has 0 aliphatic carbocycles. The summed E-state index contributed by atoms with van der Waals surface area (Å²) in [6, 6.07) is 3.20. The second kappa shape index (κ2) is 3.54. The highest BCUT2D eigenvalue weighted by atomic mass is 19.1. The van der Waals surface area contributed by atoms with Gasteiger partial charge in [0.2, 0.25) is 0 Å². The summed E-state index contributed by atoms with van der Waals surface area (Å²) in [5, 5.41) is 10.2. The Morgan fingerprint density at radius 2 is 1.87 bits per heavy atom. The van der Waals surface area contributed by atoms with Gasteiger partial charge in [-0.2, -0.15) is 0 Å². The first kappa shape index (κ1) is 10.5. The zero-order valence-corrected chi connectivity index (χ0v) is 8.50. The zero-order valence-electron chi connectivity index (χ0n) is 8.50. The van der Waals surface area contributed by atoms with E-state index in [4.69, 9.17) is 0 Å². The summed E-state index contributed by atoms with van der Waals surface area (Å²) in [6.45, 7) is 1.14. The van der Waals surface area contributed by atoms with Crippen LogP contribution in [0.4, 0.5) is 8.78 Å². The Morgan fingerprint density at radius 3 is 2.33 bits per heavy atom. The summed E-state index contributed by atoms with van der Waals surface area (Å²) in [4.78, 5) is 1.93. The fourth-order valence-corrected chi connectivity index (χ4v) is 2.04. The standard InChI is InChI=1S/C11H13F2NO/c1-14-3-2-11(15,7-14)8-4-9(12)6-10(13)5-8/h4-6,15H,2-3,7H2,1H3. The molecule has 1 heterocycles. The van der Waals surface area contributed by atoms with Crippen LogP contribution in [0.5, 0.6) is 0 Å². The first-order valence-corrected chi connectivity index (χ1v) is 4.87. The van der Waals surface area contributed by atoms with Gasteiger partial charge in [-0.3, -0.25) is 0 Å². The van der Waals surface area contributed by atoms with Crippen molar-refractivity contribution in [2.75, 3.05) is 20.1 Å². The van der Waals surface area contributed by atoms with Crippen molar-refractivity contribution in [3.8, 4) is 0 Å². The van der Waals surface area contributed by atoms with Crippen molar-refractivity contribution in [3.63, 3.8) is 0 Å². The number of hydrogen-bond acceptors (Lipinski definition) is 2. The molecule has 15 heavy (non-hydrogen) atoms. The van der Waals surface area contributed by atoms with Crippen LogP contribution in [0.3, 0.4) is 0 Å². The molecule has 0 saturated carbocycles. The van der Waals surface area contributed by atoms with Gasteiger partial charge in [-0.25, -0.2) is 8.78 Å². The van der Waals surface area contributed by atoms with Gasteiger partial charge in [-0.1, -0.05) is 0 Å². The maximum absolute atomic E-state index is 13.0. The lowest BCUT2D eigenvalue weighted by Gasteiger charge is -2.23. The van der Waals surface area contributed by atoms with Gasteiger partial charge >= 0.3 is 0 Å². The number of rotatable bonds is 1. The summed E-state index contributed by atoms with van der Waals surface area (Å²) in [5.74, 6) is -1.29. The third-order valence-electron chi connectivity index (χ3n) is 2.84. The molecule has 2 nitrogen and oxygen atoms in total. The van der Waals surface area contributed by atoms with Gasteiger partial charge in [0.15, 0.2) is 0 Å². The highest BCUT2D eigenvalue weighted by Gasteiger charge is 2.36. The Hall–Kier alpha value is -1.00. The van der Waals surface area contributed by atoms with Crippen molar-refractivity contribution in [2.24, 2.45) is 0 Å². The molecule has 1 aliphatic rings. The van der Waals surface area contributed by atoms with E-state index in [1.165, 1.54) is 12.1 Å². The summed E-state index contributed by atoms with van der Waals surface area (Å²) in [5.41, 5.74) is -0.790. The molecule has 1 aromatic carbocycles. The van der Waals surface area contributed by atoms with E-state index in [-0.39, 0.29) is 0 Å². The molecule has 1 N–H and O–H groups in total. The number of halogens is 2. The molecule has 0 aromatic heterocycles. The topological polar surface area (TPSA) is 23.5 Å². The second-order valence-electron chi connectivity index (χ2n) is 4.18. The van der Waals surface area contributed by atoms with Crippen molar-refractivity contribution in [2.45, 2.75) is 12.0 Å². The van der Waals surface area contributed by atoms with Gasteiger partial charge in [0.05, 0.1) is 0 Å². The Labute approximate surface area is 87.1 Å². The third-order valence-corrected chi connectivity index (χ3v) is 2.84. The van der Waals surface area contributed by atoms with Gasteiger partial charge in [0, 0.05) is 19.2 Å². The van der Waals surface area contributed by atoms with Crippen LogP contribution in [0.15, 0.2) is 18.2 Å². The number of hydrogen-bond donors (Lipinski definition) is 1. The van der Waals surface area contributed by atoms with Crippen molar-refractivity contribution >= 4 is 0 Å². The zero-order chi connectivity index (χ0) is 11.1. The van der Waals surface area contributed by atoms with Crippen LogP contribution in [0.2, 0.25) is 0 Å². The number of likely N-dealkylation sites (N-methyl/N-ethyl adjacent to an activating group) is 1. The van der Waals surface area contributed by atoms with Gasteiger partial charge in [-0.05, 0) is 31.2 Å². The molecule has 0 amide bonds. The minimum absolute atomic E-state index is 0.323. The van der Waals surface area contributed by atoms with Crippen LogP contribution >= 0.6 is 0 Å². The molecule has 1 atom stereocenters. The minimum Gasteiger partial charge on any atom is -0.384 e. The van der Waals surface area contributed by atoms with Crippen LogP contribution in [0.1, 0.15) is 12.0 Å². The van der Waals surface area contributed by atoms with Crippen molar-refractivity contribution in [1.82, 2.24) is 4.90 Å². The van der Waals surface area contributed by atoms with E-state index >= 15 is 0 Å². The van der Waals surface area contributed by atoms with Gasteiger partial charge in [0.1, 0.15) is 17.2 Å². The number of nitrogens with zero attached hydrogens (tertiary/aromatic N) is 1. The van der Waals surface area contributed by atoms with E-state index in [1.807, 2.05) is 11.9 Å². The predicted molar refractivity (Wildman–Crippen MR) is 52.4 cm³/mol. The molecule has 1 saturated heterocycles. The molecule has 4 heteroatoms. The Bertz CT molecular complexity index is 363.